The molecule has 0 spiro atoms. The van der Waals surface area contributed by atoms with E-state index in [1.54, 1.807) is 18.3 Å². The maximum absolute atomic E-state index is 11.9. The van der Waals surface area contributed by atoms with Gasteiger partial charge < -0.3 is 4.98 Å². The van der Waals surface area contributed by atoms with Gasteiger partial charge in [-0.3, -0.25) is 4.79 Å². The Morgan fingerprint density at radius 2 is 2.20 bits per heavy atom. The molecule has 0 aliphatic heterocycles. The zero-order valence-corrected chi connectivity index (χ0v) is 8.06. The molecule has 0 fully saturated rings. The van der Waals surface area contributed by atoms with Crippen LogP contribution in [0.15, 0.2) is 29.2 Å². The third-order valence-electron chi connectivity index (χ3n) is 2.35. The minimum absolute atomic E-state index is 0.142. The minimum Gasteiger partial charge on any atom is -0.324 e. The van der Waals surface area contributed by atoms with Crippen molar-refractivity contribution in [2.24, 2.45) is 0 Å². The van der Waals surface area contributed by atoms with Gasteiger partial charge in [-0.25, -0.2) is 4.98 Å². The van der Waals surface area contributed by atoms with E-state index in [2.05, 4.69) is 15.1 Å². The van der Waals surface area contributed by atoms with Crippen molar-refractivity contribution in [3.63, 3.8) is 0 Å². The van der Waals surface area contributed by atoms with E-state index in [0.717, 1.165) is 5.69 Å². The number of aryl methyl sites for hydroxylation is 1. The van der Waals surface area contributed by atoms with Crippen molar-refractivity contribution in [1.82, 2.24) is 19.6 Å². The van der Waals surface area contributed by atoms with Crippen LogP contribution in [0.25, 0.3) is 16.7 Å². The summed E-state index contributed by atoms with van der Waals surface area (Å²) in [4.78, 5) is 19.2. The number of hydrogen-bond acceptors (Lipinski definition) is 3. The molecule has 0 amide bonds. The summed E-state index contributed by atoms with van der Waals surface area (Å²) in [5.41, 5.74) is 2.00. The molecule has 1 N–H and O–H groups in total. The number of fused-ring (bicyclic) bond motifs is 2. The molecule has 3 aromatic rings. The lowest BCUT2D eigenvalue weighted by Crippen LogP contribution is -2.15. The Kier molecular flexibility index (Phi) is 1.45. The molecule has 0 atom stereocenters. The van der Waals surface area contributed by atoms with Gasteiger partial charge in [-0.1, -0.05) is 0 Å². The van der Waals surface area contributed by atoms with Gasteiger partial charge in [-0.2, -0.15) is 9.61 Å². The molecule has 3 aromatic heterocycles. The van der Waals surface area contributed by atoms with Crippen LogP contribution in [-0.4, -0.2) is 19.6 Å². The third-order valence-corrected chi connectivity index (χ3v) is 2.35. The van der Waals surface area contributed by atoms with Gasteiger partial charge in [0.15, 0.2) is 0 Å². The van der Waals surface area contributed by atoms with Crippen molar-refractivity contribution >= 4 is 16.7 Å². The van der Waals surface area contributed by atoms with Crippen molar-refractivity contribution in [3.05, 3.63) is 40.4 Å². The lowest BCUT2D eigenvalue weighted by atomic mass is 10.3. The van der Waals surface area contributed by atoms with E-state index < -0.39 is 0 Å². The average molecular weight is 200 g/mol. The second-order valence-corrected chi connectivity index (χ2v) is 3.41. The largest absolute Gasteiger partial charge is 0.324 e. The van der Waals surface area contributed by atoms with Gasteiger partial charge in [0, 0.05) is 11.8 Å². The first-order valence-electron chi connectivity index (χ1n) is 4.59. The second kappa shape index (κ2) is 2.66. The number of H-pyrrole nitrogens is 1. The lowest BCUT2D eigenvalue weighted by molar-refractivity contribution is 0.912. The standard InChI is InChI=1S/C10H8N4O/c1-6-2-3-7-9(12-6)13-8-4-5-11-14(8)10(7)15/h2-5H,1H3,(H,12,13). The Morgan fingerprint density at radius 3 is 3.07 bits per heavy atom. The molecule has 5 heteroatoms. The fourth-order valence-corrected chi connectivity index (χ4v) is 1.62. The summed E-state index contributed by atoms with van der Waals surface area (Å²) in [7, 11) is 0. The molecule has 0 saturated heterocycles. The van der Waals surface area contributed by atoms with Gasteiger partial charge in [0.2, 0.25) is 0 Å². The highest BCUT2D eigenvalue weighted by molar-refractivity contribution is 5.75. The van der Waals surface area contributed by atoms with Crippen LogP contribution in [0, 0.1) is 6.92 Å². The van der Waals surface area contributed by atoms with E-state index in [-0.39, 0.29) is 5.56 Å². The van der Waals surface area contributed by atoms with E-state index in [4.69, 9.17) is 0 Å². The van der Waals surface area contributed by atoms with Gasteiger partial charge in [0.1, 0.15) is 11.3 Å². The summed E-state index contributed by atoms with van der Waals surface area (Å²) in [6.45, 7) is 1.89. The fourth-order valence-electron chi connectivity index (χ4n) is 1.62. The molecule has 0 bridgehead atoms. The summed E-state index contributed by atoms with van der Waals surface area (Å²) in [5.74, 6) is 0. The predicted octanol–water partition coefficient (Wildman–Crippen LogP) is 0.879. The van der Waals surface area contributed by atoms with Crippen molar-refractivity contribution in [2.45, 2.75) is 6.92 Å². The molecule has 0 aliphatic carbocycles. The van der Waals surface area contributed by atoms with E-state index in [9.17, 15) is 4.79 Å². The molecular weight excluding hydrogens is 192 g/mol. The van der Waals surface area contributed by atoms with Crippen molar-refractivity contribution < 1.29 is 0 Å². The van der Waals surface area contributed by atoms with E-state index in [1.807, 2.05) is 13.0 Å². The number of hydrogen-bond donors (Lipinski definition) is 1. The van der Waals surface area contributed by atoms with E-state index in [1.165, 1.54) is 4.52 Å². The molecule has 0 radical (unpaired) electrons. The number of nitrogens with one attached hydrogen (secondary N) is 1. The summed E-state index contributed by atoms with van der Waals surface area (Å²) >= 11 is 0. The van der Waals surface area contributed by atoms with Crippen LogP contribution >= 0.6 is 0 Å². The van der Waals surface area contributed by atoms with E-state index in [0.29, 0.717) is 16.7 Å². The number of rotatable bonds is 0. The Morgan fingerprint density at radius 1 is 1.33 bits per heavy atom. The maximum atomic E-state index is 11.9. The highest BCUT2D eigenvalue weighted by Gasteiger charge is 2.05. The van der Waals surface area contributed by atoms with Crippen LogP contribution in [-0.2, 0) is 0 Å². The molecule has 0 unspecified atom stereocenters. The first kappa shape index (κ1) is 8.16. The second-order valence-electron chi connectivity index (χ2n) is 3.41. The van der Waals surface area contributed by atoms with Crippen molar-refractivity contribution in [2.75, 3.05) is 0 Å². The molecule has 15 heavy (non-hydrogen) atoms. The van der Waals surface area contributed by atoms with Crippen LogP contribution in [0.3, 0.4) is 0 Å². The van der Waals surface area contributed by atoms with Gasteiger partial charge in [0.05, 0.1) is 11.6 Å². The Balaban J connectivity index is 2.63. The summed E-state index contributed by atoms with van der Waals surface area (Å²) in [5, 5.41) is 4.49. The Labute approximate surface area is 84.4 Å². The van der Waals surface area contributed by atoms with Gasteiger partial charge in [-0.15, -0.1) is 0 Å². The first-order valence-corrected chi connectivity index (χ1v) is 4.59. The molecule has 3 rings (SSSR count). The molecule has 0 aliphatic rings. The monoisotopic (exact) mass is 200 g/mol. The van der Waals surface area contributed by atoms with Crippen LogP contribution in [0.2, 0.25) is 0 Å². The van der Waals surface area contributed by atoms with Gasteiger partial charge >= 0.3 is 0 Å². The minimum atomic E-state index is -0.142. The molecule has 5 nitrogen and oxygen atoms in total. The third kappa shape index (κ3) is 1.06. The number of aromatic amines is 1. The first-order chi connectivity index (χ1) is 7.25. The predicted molar refractivity (Wildman–Crippen MR) is 55.9 cm³/mol. The lowest BCUT2D eigenvalue weighted by Gasteiger charge is -1.99. The summed E-state index contributed by atoms with van der Waals surface area (Å²) in [6.07, 6.45) is 1.58. The molecular formula is C10H8N4O. The fraction of sp³-hybridized carbons (Fsp3) is 0.100. The smallest absolute Gasteiger partial charge is 0.283 e. The molecule has 0 saturated carbocycles. The molecule has 74 valence electrons. The quantitative estimate of drug-likeness (QED) is 0.586. The van der Waals surface area contributed by atoms with Crippen LogP contribution in [0.4, 0.5) is 0 Å². The summed E-state index contributed by atoms with van der Waals surface area (Å²) < 4.78 is 1.33. The van der Waals surface area contributed by atoms with Crippen LogP contribution in [0.1, 0.15) is 5.69 Å². The highest BCUT2D eigenvalue weighted by atomic mass is 16.1. The van der Waals surface area contributed by atoms with Crippen LogP contribution < -0.4 is 5.56 Å². The zero-order chi connectivity index (χ0) is 10.4. The normalized spacial score (nSPS) is 11.3. The van der Waals surface area contributed by atoms with E-state index >= 15 is 0 Å². The number of aromatic nitrogens is 4. The maximum Gasteiger partial charge on any atom is 0.283 e. The molecule has 3 heterocycles. The topological polar surface area (TPSA) is 63.1 Å². The number of pyridine rings is 1. The Hall–Kier alpha value is -2.17. The number of nitrogens with zero attached hydrogens (tertiary/aromatic N) is 3. The molecule has 0 aromatic carbocycles. The van der Waals surface area contributed by atoms with Crippen LogP contribution in [0.5, 0.6) is 0 Å². The van der Waals surface area contributed by atoms with Crippen molar-refractivity contribution in [3.8, 4) is 0 Å². The zero-order valence-electron chi connectivity index (χ0n) is 8.06. The summed E-state index contributed by atoms with van der Waals surface area (Å²) in [6, 6.07) is 5.31. The Bertz CT molecular complexity index is 710. The van der Waals surface area contributed by atoms with Gasteiger partial charge in [0.25, 0.3) is 5.56 Å². The average Bonchev–Trinajstić information content (AvgIpc) is 2.65. The van der Waals surface area contributed by atoms with Crippen molar-refractivity contribution in [1.29, 1.82) is 0 Å². The SMILES string of the molecule is Cc1ccc2c(=O)n3nccc3[nH]c2n1. The van der Waals surface area contributed by atoms with Gasteiger partial charge in [-0.05, 0) is 19.1 Å². The highest BCUT2D eigenvalue weighted by Crippen LogP contribution is 2.06.